The molecule has 0 aliphatic heterocycles. The molecule has 2 N–H and O–H groups in total. The second kappa shape index (κ2) is 3.91. The Morgan fingerprint density at radius 3 is 2.18 bits per heavy atom. The first kappa shape index (κ1) is 11.7. The Balaban J connectivity index is 2.48. The summed E-state index contributed by atoms with van der Waals surface area (Å²) >= 11 is 0. The number of aromatic nitrogens is 2. The Bertz CT molecular complexity index is 515. The van der Waals surface area contributed by atoms with E-state index in [1.807, 2.05) is 30.5 Å². The van der Waals surface area contributed by atoms with Crippen LogP contribution in [0.25, 0.3) is 11.1 Å². The topological polar surface area (TPSA) is 43.8 Å². The molecular weight excluding hydrogens is 210 g/mol. The van der Waals surface area contributed by atoms with E-state index in [0.29, 0.717) is 0 Å². The Hall–Kier alpha value is -1.77. The summed E-state index contributed by atoms with van der Waals surface area (Å²) in [5, 5.41) is 4.47. The smallest absolute Gasteiger partial charge is 0.0571 e. The van der Waals surface area contributed by atoms with Crippen LogP contribution < -0.4 is 5.73 Å². The van der Waals surface area contributed by atoms with E-state index in [2.05, 4.69) is 37.5 Å². The average Bonchev–Trinajstić information content (AvgIpc) is 2.61. The molecule has 0 atom stereocenters. The molecule has 1 aromatic heterocycles. The molecule has 0 bridgehead atoms. The van der Waals surface area contributed by atoms with Gasteiger partial charge in [0.1, 0.15) is 0 Å². The molecular formula is C14H19N3. The molecule has 0 unspecified atom stereocenters. The van der Waals surface area contributed by atoms with Crippen molar-refractivity contribution in [2.24, 2.45) is 0 Å². The highest BCUT2D eigenvalue weighted by molar-refractivity contribution is 5.67. The van der Waals surface area contributed by atoms with Gasteiger partial charge < -0.3 is 5.73 Å². The van der Waals surface area contributed by atoms with Crippen LogP contribution in [0.15, 0.2) is 30.5 Å². The van der Waals surface area contributed by atoms with Gasteiger partial charge in [-0.1, -0.05) is 12.1 Å². The first-order valence-electron chi connectivity index (χ1n) is 5.80. The zero-order valence-corrected chi connectivity index (χ0v) is 10.9. The fourth-order valence-electron chi connectivity index (χ4n) is 2.03. The maximum atomic E-state index is 5.70. The number of benzene rings is 1. The molecule has 0 saturated heterocycles. The van der Waals surface area contributed by atoms with E-state index in [1.54, 1.807) is 0 Å². The summed E-state index contributed by atoms with van der Waals surface area (Å²) in [6.07, 6.45) is 1.92. The minimum absolute atomic E-state index is 0.0101. The van der Waals surface area contributed by atoms with Crippen molar-refractivity contribution in [3.05, 3.63) is 36.2 Å². The van der Waals surface area contributed by atoms with Gasteiger partial charge >= 0.3 is 0 Å². The van der Waals surface area contributed by atoms with Crippen LogP contribution >= 0.6 is 0 Å². The first-order chi connectivity index (χ1) is 7.89. The van der Waals surface area contributed by atoms with Crippen LogP contribution in [-0.2, 0) is 5.54 Å². The minimum atomic E-state index is 0.0101. The lowest BCUT2D eigenvalue weighted by atomic mass is 10.0. The van der Waals surface area contributed by atoms with E-state index in [4.69, 9.17) is 5.73 Å². The number of rotatable bonds is 1. The maximum absolute atomic E-state index is 5.70. The van der Waals surface area contributed by atoms with Gasteiger partial charge in [0, 0.05) is 16.9 Å². The Labute approximate surface area is 102 Å². The second-order valence-electron chi connectivity index (χ2n) is 5.35. The molecule has 0 amide bonds. The molecule has 0 fully saturated rings. The van der Waals surface area contributed by atoms with Crippen molar-refractivity contribution in [2.45, 2.75) is 33.2 Å². The molecule has 0 saturated carbocycles. The lowest BCUT2D eigenvalue weighted by Gasteiger charge is -2.21. The third-order valence-electron chi connectivity index (χ3n) is 2.87. The third-order valence-corrected chi connectivity index (χ3v) is 2.87. The lowest BCUT2D eigenvalue weighted by molar-refractivity contribution is 0.348. The molecule has 3 nitrogen and oxygen atoms in total. The molecule has 17 heavy (non-hydrogen) atoms. The maximum Gasteiger partial charge on any atom is 0.0571 e. The minimum Gasteiger partial charge on any atom is -0.399 e. The number of hydrogen-bond donors (Lipinski definition) is 1. The van der Waals surface area contributed by atoms with E-state index in [9.17, 15) is 0 Å². The summed E-state index contributed by atoms with van der Waals surface area (Å²) in [5.74, 6) is 0. The summed E-state index contributed by atoms with van der Waals surface area (Å²) in [7, 11) is 0. The van der Waals surface area contributed by atoms with Gasteiger partial charge in [-0.05, 0) is 45.4 Å². The highest BCUT2D eigenvalue weighted by Gasteiger charge is 2.18. The molecule has 1 heterocycles. The van der Waals surface area contributed by atoms with Crippen LogP contribution in [0.5, 0.6) is 0 Å². The van der Waals surface area contributed by atoms with Crippen molar-refractivity contribution >= 4 is 5.69 Å². The van der Waals surface area contributed by atoms with Crippen molar-refractivity contribution in [1.82, 2.24) is 9.78 Å². The highest BCUT2D eigenvalue weighted by atomic mass is 15.3. The number of hydrogen-bond acceptors (Lipinski definition) is 2. The van der Waals surface area contributed by atoms with Gasteiger partial charge in [0.15, 0.2) is 0 Å². The summed E-state index contributed by atoms with van der Waals surface area (Å²) in [6, 6.07) is 7.91. The Morgan fingerprint density at radius 1 is 1.12 bits per heavy atom. The number of nitrogen functional groups attached to an aromatic ring is 1. The summed E-state index contributed by atoms with van der Waals surface area (Å²) in [6.45, 7) is 8.56. The normalized spacial score (nSPS) is 11.8. The van der Waals surface area contributed by atoms with E-state index >= 15 is 0 Å². The predicted molar refractivity (Wildman–Crippen MR) is 71.8 cm³/mol. The average molecular weight is 229 g/mol. The van der Waals surface area contributed by atoms with Gasteiger partial charge in [-0.25, -0.2) is 0 Å². The SMILES string of the molecule is Cc1c(-c2ccc(N)cc2)cnn1C(C)(C)C. The number of nitrogens with zero attached hydrogens (tertiary/aromatic N) is 2. The van der Waals surface area contributed by atoms with Crippen molar-refractivity contribution in [1.29, 1.82) is 0 Å². The fourth-order valence-corrected chi connectivity index (χ4v) is 2.03. The number of anilines is 1. The van der Waals surface area contributed by atoms with Gasteiger partial charge in [-0.15, -0.1) is 0 Å². The largest absolute Gasteiger partial charge is 0.399 e. The number of nitrogens with two attached hydrogens (primary N) is 1. The van der Waals surface area contributed by atoms with Gasteiger partial charge in [-0.2, -0.15) is 5.10 Å². The molecule has 0 aliphatic carbocycles. The van der Waals surface area contributed by atoms with Crippen LogP contribution in [0.3, 0.4) is 0 Å². The fraction of sp³-hybridized carbons (Fsp3) is 0.357. The zero-order chi connectivity index (χ0) is 12.6. The Kier molecular flexibility index (Phi) is 2.69. The summed E-state index contributed by atoms with van der Waals surface area (Å²) in [5.41, 5.74) is 10.0. The summed E-state index contributed by atoms with van der Waals surface area (Å²) < 4.78 is 2.05. The zero-order valence-electron chi connectivity index (χ0n) is 10.9. The first-order valence-corrected chi connectivity index (χ1v) is 5.80. The van der Waals surface area contributed by atoms with Gasteiger partial charge in [-0.3, -0.25) is 4.68 Å². The van der Waals surface area contributed by atoms with Gasteiger partial charge in [0.25, 0.3) is 0 Å². The monoisotopic (exact) mass is 229 g/mol. The van der Waals surface area contributed by atoms with Crippen molar-refractivity contribution in [2.75, 3.05) is 5.73 Å². The van der Waals surface area contributed by atoms with Crippen molar-refractivity contribution < 1.29 is 0 Å². The van der Waals surface area contributed by atoms with Crippen LogP contribution in [0.2, 0.25) is 0 Å². The molecule has 0 radical (unpaired) electrons. The van der Waals surface area contributed by atoms with Crippen LogP contribution in [0.1, 0.15) is 26.5 Å². The van der Waals surface area contributed by atoms with Gasteiger partial charge in [0.2, 0.25) is 0 Å². The second-order valence-corrected chi connectivity index (χ2v) is 5.35. The highest BCUT2D eigenvalue weighted by Crippen LogP contribution is 2.27. The van der Waals surface area contributed by atoms with Gasteiger partial charge in [0.05, 0.1) is 11.7 Å². The molecule has 2 aromatic rings. The third kappa shape index (κ3) is 2.18. The molecule has 0 spiro atoms. The summed E-state index contributed by atoms with van der Waals surface area (Å²) in [4.78, 5) is 0. The molecule has 90 valence electrons. The van der Waals surface area contributed by atoms with Crippen molar-refractivity contribution in [3.63, 3.8) is 0 Å². The Morgan fingerprint density at radius 2 is 1.71 bits per heavy atom. The standard InChI is InChI=1S/C14H19N3/c1-10-13(9-16-17(10)14(2,3)4)11-5-7-12(15)8-6-11/h5-9H,15H2,1-4H3. The molecule has 2 rings (SSSR count). The lowest BCUT2D eigenvalue weighted by Crippen LogP contribution is -2.24. The van der Waals surface area contributed by atoms with Crippen molar-refractivity contribution in [3.8, 4) is 11.1 Å². The van der Waals surface area contributed by atoms with Crippen LogP contribution in [-0.4, -0.2) is 9.78 Å². The van der Waals surface area contributed by atoms with E-state index in [1.165, 1.54) is 11.3 Å². The molecule has 0 aliphatic rings. The van der Waals surface area contributed by atoms with E-state index < -0.39 is 0 Å². The van der Waals surface area contributed by atoms with Crippen LogP contribution in [0, 0.1) is 6.92 Å². The predicted octanol–water partition coefficient (Wildman–Crippen LogP) is 3.20. The molecule has 3 heteroatoms. The van der Waals surface area contributed by atoms with E-state index in [-0.39, 0.29) is 5.54 Å². The quantitative estimate of drug-likeness (QED) is 0.763. The molecule has 1 aromatic carbocycles. The van der Waals surface area contributed by atoms with Crippen LogP contribution in [0.4, 0.5) is 5.69 Å². The van der Waals surface area contributed by atoms with E-state index in [0.717, 1.165) is 11.3 Å².